The summed E-state index contributed by atoms with van der Waals surface area (Å²) in [5.41, 5.74) is 6.59. The van der Waals surface area contributed by atoms with Crippen LogP contribution in [0.3, 0.4) is 0 Å². The number of fused-ring (bicyclic) bond motifs is 4. The maximum absolute atomic E-state index is 14.7. The van der Waals surface area contributed by atoms with Crippen molar-refractivity contribution in [1.29, 1.82) is 0 Å². The van der Waals surface area contributed by atoms with Gasteiger partial charge in [0.25, 0.3) is 15.9 Å². The Morgan fingerprint density at radius 3 is 2.42 bits per heavy atom. The van der Waals surface area contributed by atoms with Crippen molar-refractivity contribution in [3.8, 4) is 17.1 Å². The topological polar surface area (TPSA) is 124 Å². The van der Waals surface area contributed by atoms with Crippen molar-refractivity contribution in [2.45, 2.75) is 116 Å². The molecule has 4 bridgehead atoms. The molecule has 2 aliphatic heterocycles. The van der Waals surface area contributed by atoms with E-state index >= 15 is 0 Å². The van der Waals surface area contributed by atoms with Gasteiger partial charge in [0.1, 0.15) is 6.61 Å². The lowest BCUT2D eigenvalue weighted by atomic mass is 9.82. The number of nitrogens with zero attached hydrogens (tertiary/aromatic N) is 4. The van der Waals surface area contributed by atoms with E-state index in [-0.39, 0.29) is 46.8 Å². The van der Waals surface area contributed by atoms with Gasteiger partial charge in [-0.15, -0.1) is 0 Å². The lowest BCUT2D eigenvalue weighted by Crippen LogP contribution is -2.45. The standard InChI is InChI=1S/C44H55N5O5S/c1-29-11-9-14-33(23-31-12-7-6-8-13-31)39(29)40-30(2)41-47-43(46-40)48-55(51,52)38-16-10-15-34(24-38)42(50)49(37(28-54-41)25-44(3,4)5)27-36-18-17-35(26-45-36)32-19-21-53-22-20-32/h9-11,14-18,24,26,31-32,37H,6-8,12-13,19-23,25,27-28H2,1-5H3,(H,46,47,48)/t37-/m1/s1. The van der Waals surface area contributed by atoms with Crippen LogP contribution in [-0.2, 0) is 27.7 Å². The van der Waals surface area contributed by atoms with Crippen LogP contribution in [0.4, 0.5) is 5.95 Å². The van der Waals surface area contributed by atoms with E-state index in [1.165, 1.54) is 55.4 Å². The van der Waals surface area contributed by atoms with Gasteiger partial charge in [-0.3, -0.25) is 9.78 Å². The number of anilines is 1. The van der Waals surface area contributed by atoms with E-state index in [2.05, 4.69) is 56.7 Å². The molecule has 1 atom stereocenters. The van der Waals surface area contributed by atoms with Crippen LogP contribution in [0.5, 0.6) is 5.88 Å². The summed E-state index contributed by atoms with van der Waals surface area (Å²) in [7, 11) is -4.19. The number of hydrogen-bond acceptors (Lipinski definition) is 8. The van der Waals surface area contributed by atoms with Gasteiger partial charge in [0.05, 0.1) is 28.9 Å². The largest absolute Gasteiger partial charge is 0.475 e. The van der Waals surface area contributed by atoms with Crippen molar-refractivity contribution in [2.24, 2.45) is 11.3 Å². The third-order valence-corrected chi connectivity index (χ3v) is 12.7. The van der Waals surface area contributed by atoms with Crippen molar-refractivity contribution in [3.63, 3.8) is 0 Å². The minimum atomic E-state index is -4.19. The minimum Gasteiger partial charge on any atom is -0.475 e. The van der Waals surface area contributed by atoms with Crippen LogP contribution in [0, 0.1) is 25.2 Å². The molecule has 0 radical (unpaired) electrons. The first kappa shape index (κ1) is 38.9. The summed E-state index contributed by atoms with van der Waals surface area (Å²) in [4.78, 5) is 30.8. The highest BCUT2D eigenvalue weighted by Crippen LogP contribution is 2.38. The van der Waals surface area contributed by atoms with Crippen LogP contribution in [0.2, 0.25) is 0 Å². The Balaban J connectivity index is 1.31. The maximum atomic E-state index is 14.7. The van der Waals surface area contributed by atoms with E-state index < -0.39 is 16.1 Å². The summed E-state index contributed by atoms with van der Waals surface area (Å²) >= 11 is 0. The fourth-order valence-electron chi connectivity index (χ4n) is 8.49. The second kappa shape index (κ2) is 16.4. The molecule has 4 heterocycles. The molecule has 3 aliphatic rings. The fraction of sp³-hybridized carbons (Fsp3) is 0.500. The van der Waals surface area contributed by atoms with Gasteiger partial charge in [0, 0.05) is 36.1 Å². The number of ether oxygens (including phenoxy) is 2. The average molecular weight is 766 g/mol. The third kappa shape index (κ3) is 9.21. The van der Waals surface area contributed by atoms with E-state index in [0.717, 1.165) is 54.9 Å². The highest BCUT2D eigenvalue weighted by Gasteiger charge is 2.33. The molecule has 2 fully saturated rings. The molecular weight excluding hydrogens is 711 g/mol. The molecule has 1 N–H and O–H groups in total. The quantitative estimate of drug-likeness (QED) is 0.198. The number of nitrogens with one attached hydrogen (secondary N) is 1. The molecule has 11 heteroatoms. The monoisotopic (exact) mass is 765 g/mol. The molecular formula is C44H55N5O5S. The van der Waals surface area contributed by atoms with Crippen LogP contribution in [0.25, 0.3) is 11.3 Å². The highest BCUT2D eigenvalue weighted by molar-refractivity contribution is 7.92. The number of rotatable bonds is 7. The number of aryl methyl sites for hydroxylation is 1. The Hall–Kier alpha value is -4.35. The Morgan fingerprint density at radius 2 is 1.69 bits per heavy atom. The normalized spacial score (nSPS) is 19.8. The molecule has 0 unspecified atom stereocenters. The molecule has 0 spiro atoms. The molecule has 292 valence electrons. The van der Waals surface area contributed by atoms with Crippen molar-refractivity contribution < 1.29 is 22.7 Å². The van der Waals surface area contributed by atoms with Gasteiger partial charge in [0.2, 0.25) is 11.8 Å². The first-order valence-corrected chi connectivity index (χ1v) is 21.4. The number of hydrogen-bond donors (Lipinski definition) is 1. The van der Waals surface area contributed by atoms with E-state index in [1.807, 2.05) is 19.2 Å². The molecule has 55 heavy (non-hydrogen) atoms. The number of amides is 1. The van der Waals surface area contributed by atoms with Gasteiger partial charge in [-0.25, -0.2) is 18.1 Å². The lowest BCUT2D eigenvalue weighted by Gasteiger charge is -2.35. The second-order valence-corrected chi connectivity index (χ2v) is 18.6. The first-order valence-electron chi connectivity index (χ1n) is 19.9. The summed E-state index contributed by atoms with van der Waals surface area (Å²) in [6.07, 6.45) is 11.6. The van der Waals surface area contributed by atoms with Crippen molar-refractivity contribution in [3.05, 3.63) is 94.3 Å². The molecule has 7 rings (SSSR count). The molecule has 2 aromatic heterocycles. The minimum absolute atomic E-state index is 0.0501. The Bertz CT molecular complexity index is 2100. The van der Waals surface area contributed by atoms with Crippen LogP contribution in [0.1, 0.15) is 116 Å². The summed E-state index contributed by atoms with van der Waals surface area (Å²) in [6, 6.07) is 16.2. The number of carbonyl (C=O) groups excluding carboxylic acids is 1. The SMILES string of the molecule is Cc1cccc(CC2CCCCC2)c1-c1nc2nc(c1C)OC[C@@H](CC(C)(C)C)N(Cc1ccc(C3CCOCC3)cn1)C(=O)c1cccc(c1)S(=O)(=O)N2. The molecule has 1 saturated heterocycles. The van der Waals surface area contributed by atoms with Crippen molar-refractivity contribution in [2.75, 3.05) is 24.5 Å². The summed E-state index contributed by atoms with van der Waals surface area (Å²) < 4.78 is 42.9. The van der Waals surface area contributed by atoms with Crippen molar-refractivity contribution in [1.82, 2.24) is 19.9 Å². The van der Waals surface area contributed by atoms with Gasteiger partial charge < -0.3 is 14.4 Å². The zero-order valence-corrected chi connectivity index (χ0v) is 33.8. The van der Waals surface area contributed by atoms with Crippen LogP contribution in [0.15, 0.2) is 65.7 Å². The summed E-state index contributed by atoms with van der Waals surface area (Å²) in [6.45, 7) is 12.3. The van der Waals surface area contributed by atoms with Gasteiger partial charge in [-0.05, 0) is 97.7 Å². The molecule has 1 aliphatic carbocycles. The highest BCUT2D eigenvalue weighted by atomic mass is 32.2. The Kier molecular flexibility index (Phi) is 11.6. The number of sulfonamides is 1. The molecule has 1 saturated carbocycles. The zero-order valence-electron chi connectivity index (χ0n) is 32.9. The average Bonchev–Trinajstić information content (AvgIpc) is 3.17. The number of aromatic nitrogens is 3. The van der Waals surface area contributed by atoms with E-state index in [4.69, 9.17) is 24.4 Å². The summed E-state index contributed by atoms with van der Waals surface area (Å²) in [5, 5.41) is 0. The van der Waals surface area contributed by atoms with Crippen molar-refractivity contribution >= 4 is 21.9 Å². The molecule has 2 aromatic carbocycles. The van der Waals surface area contributed by atoms with Gasteiger partial charge in [0.15, 0.2) is 0 Å². The fourth-order valence-corrected chi connectivity index (χ4v) is 9.48. The number of benzene rings is 2. The smallest absolute Gasteiger partial charge is 0.264 e. The number of pyridine rings is 1. The maximum Gasteiger partial charge on any atom is 0.264 e. The Labute approximate surface area is 326 Å². The predicted molar refractivity (Wildman–Crippen MR) is 215 cm³/mol. The third-order valence-electron chi connectivity index (χ3n) is 11.4. The van der Waals surface area contributed by atoms with Crippen LogP contribution >= 0.6 is 0 Å². The lowest BCUT2D eigenvalue weighted by molar-refractivity contribution is 0.0508. The second-order valence-electron chi connectivity index (χ2n) is 16.9. The van der Waals surface area contributed by atoms with E-state index in [9.17, 15) is 13.2 Å². The van der Waals surface area contributed by atoms with Crippen LogP contribution < -0.4 is 9.46 Å². The van der Waals surface area contributed by atoms with Gasteiger partial charge >= 0.3 is 0 Å². The van der Waals surface area contributed by atoms with E-state index in [1.54, 1.807) is 17.0 Å². The molecule has 1 amide bonds. The number of carbonyl (C=O) groups is 1. The van der Waals surface area contributed by atoms with Gasteiger partial charge in [-0.2, -0.15) is 4.98 Å². The van der Waals surface area contributed by atoms with E-state index in [0.29, 0.717) is 24.0 Å². The van der Waals surface area contributed by atoms with Gasteiger partial charge in [-0.1, -0.05) is 83.2 Å². The molecule has 4 aromatic rings. The molecule has 10 nitrogen and oxygen atoms in total. The summed E-state index contributed by atoms with van der Waals surface area (Å²) in [5.74, 6) is 0.902. The zero-order chi connectivity index (χ0) is 38.7. The van der Waals surface area contributed by atoms with Crippen LogP contribution in [-0.4, -0.2) is 60.0 Å². The first-order chi connectivity index (χ1) is 26.3. The Morgan fingerprint density at radius 1 is 0.927 bits per heavy atom. The predicted octanol–water partition coefficient (Wildman–Crippen LogP) is 8.81.